The quantitative estimate of drug-likeness (QED) is 0.633. The van der Waals surface area contributed by atoms with Crippen LogP contribution in [0.4, 0.5) is 0 Å². The standard InChI is InChI=1S/C22H34O/c1-14(2)16-7-8-18-17(16)9-10-20-19(18)6-5-15-13-21(3,23)11-12-22(15,20)4/h5,16-20,23H,1,6-13H2,2-4H3/t16-,17-,18-,19+,20+,21+,22+/m1/s1. The lowest BCUT2D eigenvalue weighted by Gasteiger charge is -2.56. The van der Waals surface area contributed by atoms with Crippen molar-refractivity contribution in [1.82, 2.24) is 0 Å². The van der Waals surface area contributed by atoms with Gasteiger partial charge in [-0.1, -0.05) is 30.7 Å². The van der Waals surface area contributed by atoms with Gasteiger partial charge in [-0.25, -0.2) is 0 Å². The molecule has 4 rings (SSSR count). The highest BCUT2D eigenvalue weighted by molar-refractivity contribution is 5.26. The van der Waals surface area contributed by atoms with Gasteiger partial charge >= 0.3 is 0 Å². The van der Waals surface area contributed by atoms with Crippen molar-refractivity contribution >= 4 is 0 Å². The Labute approximate surface area is 142 Å². The van der Waals surface area contributed by atoms with E-state index in [0.29, 0.717) is 5.41 Å². The van der Waals surface area contributed by atoms with Gasteiger partial charge in [-0.2, -0.15) is 0 Å². The molecule has 0 aromatic carbocycles. The Morgan fingerprint density at radius 2 is 1.83 bits per heavy atom. The van der Waals surface area contributed by atoms with Crippen LogP contribution in [0, 0.1) is 35.0 Å². The summed E-state index contributed by atoms with van der Waals surface area (Å²) in [5.74, 6) is 4.41. The van der Waals surface area contributed by atoms with Crippen molar-refractivity contribution in [3.63, 3.8) is 0 Å². The molecule has 0 aromatic heterocycles. The first-order chi connectivity index (χ1) is 10.8. The van der Waals surface area contributed by atoms with Gasteiger partial charge in [-0.15, -0.1) is 0 Å². The van der Waals surface area contributed by atoms with Gasteiger partial charge in [0.1, 0.15) is 0 Å². The predicted octanol–water partition coefficient (Wildman–Crippen LogP) is 5.50. The maximum absolute atomic E-state index is 10.5. The average molecular weight is 315 g/mol. The van der Waals surface area contributed by atoms with Crippen LogP contribution in [-0.4, -0.2) is 10.7 Å². The fourth-order valence-electron chi connectivity index (χ4n) is 7.07. The number of allylic oxidation sites excluding steroid dienone is 2. The van der Waals surface area contributed by atoms with Crippen molar-refractivity contribution in [3.8, 4) is 0 Å². The highest BCUT2D eigenvalue weighted by Gasteiger charge is 2.55. The van der Waals surface area contributed by atoms with Gasteiger partial charge in [-0.05, 0) is 100 Å². The van der Waals surface area contributed by atoms with Crippen molar-refractivity contribution in [2.75, 3.05) is 0 Å². The number of hydrogen-bond acceptors (Lipinski definition) is 1. The molecule has 0 unspecified atom stereocenters. The molecule has 0 saturated heterocycles. The molecular formula is C22H34O. The SMILES string of the molecule is C=C(C)[C@H]1CC[C@@H]2[C@@H]1CC[C@H]1[C@H]2CC=C2C[C@@](C)(O)CC[C@@]21C. The van der Waals surface area contributed by atoms with E-state index in [-0.39, 0.29) is 0 Å². The molecule has 3 fully saturated rings. The third-order valence-electron chi connectivity index (χ3n) is 8.33. The van der Waals surface area contributed by atoms with Gasteiger partial charge in [-0.3, -0.25) is 0 Å². The molecule has 0 heterocycles. The van der Waals surface area contributed by atoms with Gasteiger partial charge in [0.15, 0.2) is 0 Å². The van der Waals surface area contributed by atoms with Crippen LogP contribution in [0.2, 0.25) is 0 Å². The average Bonchev–Trinajstić information content (AvgIpc) is 2.92. The van der Waals surface area contributed by atoms with Gasteiger partial charge in [0.25, 0.3) is 0 Å². The van der Waals surface area contributed by atoms with E-state index in [0.717, 1.165) is 42.4 Å². The molecule has 0 bridgehead atoms. The minimum atomic E-state index is -0.464. The van der Waals surface area contributed by atoms with E-state index in [1.165, 1.54) is 44.1 Å². The summed E-state index contributed by atoms with van der Waals surface area (Å²) in [6.45, 7) is 11.1. The molecular weight excluding hydrogens is 280 g/mol. The monoisotopic (exact) mass is 314 g/mol. The Morgan fingerprint density at radius 1 is 1.09 bits per heavy atom. The summed E-state index contributed by atoms with van der Waals surface area (Å²) in [5.41, 5.74) is 2.93. The third kappa shape index (κ3) is 2.37. The Morgan fingerprint density at radius 3 is 2.57 bits per heavy atom. The van der Waals surface area contributed by atoms with E-state index in [4.69, 9.17) is 0 Å². The Balaban J connectivity index is 1.62. The second-order valence-electron chi connectivity index (χ2n) is 9.76. The molecule has 7 atom stereocenters. The summed E-state index contributed by atoms with van der Waals surface area (Å²) in [4.78, 5) is 0. The molecule has 0 aromatic rings. The van der Waals surface area contributed by atoms with Crippen LogP contribution < -0.4 is 0 Å². The topological polar surface area (TPSA) is 20.2 Å². The first-order valence-electron chi connectivity index (χ1n) is 9.89. The van der Waals surface area contributed by atoms with Crippen LogP contribution in [0.1, 0.15) is 72.1 Å². The molecule has 0 spiro atoms. The second-order valence-corrected chi connectivity index (χ2v) is 9.76. The van der Waals surface area contributed by atoms with Crippen molar-refractivity contribution in [3.05, 3.63) is 23.8 Å². The van der Waals surface area contributed by atoms with E-state index in [1.54, 1.807) is 5.57 Å². The molecule has 23 heavy (non-hydrogen) atoms. The van der Waals surface area contributed by atoms with Gasteiger partial charge < -0.3 is 5.11 Å². The van der Waals surface area contributed by atoms with Crippen LogP contribution in [-0.2, 0) is 0 Å². The van der Waals surface area contributed by atoms with Crippen LogP contribution in [0.5, 0.6) is 0 Å². The summed E-state index contributed by atoms with van der Waals surface area (Å²) in [6.07, 6.45) is 12.5. The Bertz CT molecular complexity index is 542. The van der Waals surface area contributed by atoms with Crippen LogP contribution in [0.3, 0.4) is 0 Å². The highest BCUT2D eigenvalue weighted by Crippen LogP contribution is 2.63. The summed E-state index contributed by atoms with van der Waals surface area (Å²) in [7, 11) is 0. The summed E-state index contributed by atoms with van der Waals surface area (Å²) in [5, 5.41) is 10.5. The van der Waals surface area contributed by atoms with Gasteiger partial charge in [0.2, 0.25) is 0 Å². The van der Waals surface area contributed by atoms with Gasteiger partial charge in [0.05, 0.1) is 5.60 Å². The maximum atomic E-state index is 10.5. The molecule has 1 N–H and O–H groups in total. The van der Waals surface area contributed by atoms with E-state index >= 15 is 0 Å². The minimum absolute atomic E-state index is 0.372. The van der Waals surface area contributed by atoms with Crippen molar-refractivity contribution in [2.24, 2.45) is 35.0 Å². The first-order valence-corrected chi connectivity index (χ1v) is 9.89. The molecule has 128 valence electrons. The van der Waals surface area contributed by atoms with Crippen molar-refractivity contribution < 1.29 is 5.11 Å². The molecule has 1 heteroatoms. The minimum Gasteiger partial charge on any atom is -0.390 e. The highest BCUT2D eigenvalue weighted by atomic mass is 16.3. The largest absolute Gasteiger partial charge is 0.390 e. The molecule has 0 amide bonds. The van der Waals surface area contributed by atoms with E-state index in [2.05, 4.69) is 26.5 Å². The zero-order valence-corrected chi connectivity index (χ0v) is 15.3. The number of rotatable bonds is 1. The van der Waals surface area contributed by atoms with Crippen LogP contribution in [0.15, 0.2) is 23.8 Å². The molecule has 4 aliphatic carbocycles. The van der Waals surface area contributed by atoms with Crippen molar-refractivity contribution in [2.45, 2.75) is 77.7 Å². The lowest BCUT2D eigenvalue weighted by molar-refractivity contribution is -0.0403. The lowest BCUT2D eigenvalue weighted by atomic mass is 9.49. The summed E-state index contributed by atoms with van der Waals surface area (Å²) in [6, 6.07) is 0. The number of hydrogen-bond donors (Lipinski definition) is 1. The number of aliphatic hydroxyl groups is 1. The Kier molecular flexibility index (Phi) is 3.61. The lowest BCUT2D eigenvalue weighted by Crippen LogP contribution is -2.49. The smallest absolute Gasteiger partial charge is 0.0657 e. The first kappa shape index (κ1) is 15.9. The Hall–Kier alpha value is -0.560. The van der Waals surface area contributed by atoms with Crippen LogP contribution in [0.25, 0.3) is 0 Å². The van der Waals surface area contributed by atoms with E-state index < -0.39 is 5.60 Å². The fraction of sp³-hybridized carbons (Fsp3) is 0.818. The van der Waals surface area contributed by atoms with E-state index in [9.17, 15) is 5.11 Å². The molecule has 0 radical (unpaired) electrons. The van der Waals surface area contributed by atoms with Crippen LogP contribution >= 0.6 is 0 Å². The van der Waals surface area contributed by atoms with Crippen molar-refractivity contribution in [1.29, 1.82) is 0 Å². The fourth-order valence-corrected chi connectivity index (χ4v) is 7.07. The zero-order chi connectivity index (χ0) is 16.4. The summed E-state index contributed by atoms with van der Waals surface area (Å²) >= 11 is 0. The number of fused-ring (bicyclic) bond motifs is 5. The second kappa shape index (κ2) is 5.22. The predicted molar refractivity (Wildman–Crippen MR) is 96.0 cm³/mol. The van der Waals surface area contributed by atoms with E-state index in [1.807, 2.05) is 6.92 Å². The molecule has 1 nitrogen and oxygen atoms in total. The molecule has 0 aliphatic heterocycles. The molecule has 4 aliphatic rings. The summed E-state index contributed by atoms with van der Waals surface area (Å²) < 4.78 is 0. The molecule has 3 saturated carbocycles. The van der Waals surface area contributed by atoms with Gasteiger partial charge in [0, 0.05) is 0 Å². The third-order valence-corrected chi connectivity index (χ3v) is 8.33. The zero-order valence-electron chi connectivity index (χ0n) is 15.3. The maximum Gasteiger partial charge on any atom is 0.0657 e. The normalized spacial score (nSPS) is 52.2.